The molecule has 1 aliphatic carbocycles. The second-order valence-electron chi connectivity index (χ2n) is 7.44. The molecule has 2 heterocycles. The fourth-order valence-electron chi connectivity index (χ4n) is 4.04. The Morgan fingerprint density at radius 2 is 1.71 bits per heavy atom. The molecule has 7 heteroatoms. The molecule has 5 nitrogen and oxygen atoms in total. The van der Waals surface area contributed by atoms with E-state index >= 15 is 0 Å². The lowest BCUT2D eigenvalue weighted by molar-refractivity contribution is -0.137. The van der Waals surface area contributed by atoms with Crippen molar-refractivity contribution in [3.63, 3.8) is 0 Å². The van der Waals surface area contributed by atoms with Crippen LogP contribution in [-0.2, 0) is 9.59 Å². The number of nitrogens with one attached hydrogen (secondary N) is 2. The number of nitrogens with zero attached hydrogens (tertiary/aromatic N) is 1. The van der Waals surface area contributed by atoms with E-state index in [4.69, 9.17) is 0 Å². The van der Waals surface area contributed by atoms with Crippen molar-refractivity contribution in [3.8, 4) is 0 Å². The Kier molecular flexibility index (Phi) is 5.37. The predicted octanol–water partition coefficient (Wildman–Crippen LogP) is 1.67. The van der Waals surface area contributed by atoms with Gasteiger partial charge in [0, 0.05) is 31.5 Å². The highest BCUT2D eigenvalue weighted by molar-refractivity contribution is 5.83. The summed E-state index contributed by atoms with van der Waals surface area (Å²) in [6, 6.07) is -0.483. The van der Waals surface area contributed by atoms with Crippen LogP contribution in [0.3, 0.4) is 0 Å². The van der Waals surface area contributed by atoms with Crippen LogP contribution in [-0.4, -0.2) is 54.4 Å². The highest BCUT2D eigenvalue weighted by Gasteiger charge is 2.44. The van der Waals surface area contributed by atoms with Crippen LogP contribution in [0, 0.1) is 5.92 Å². The summed E-state index contributed by atoms with van der Waals surface area (Å²) in [7, 11) is 0. The van der Waals surface area contributed by atoms with E-state index in [1.807, 2.05) is 0 Å². The molecule has 1 atom stereocenters. The lowest BCUT2D eigenvalue weighted by Crippen LogP contribution is -2.49. The standard InChI is InChI=1S/C17H27F2N3O2/c18-17(19)10-14(20-11-17)16(24)22-8-6-12(7-9-22)15(23)21-13-4-2-1-3-5-13/h12-14,20H,1-11H2,(H,21,23). The van der Waals surface area contributed by atoms with Gasteiger partial charge in [-0.25, -0.2) is 8.78 Å². The second kappa shape index (κ2) is 7.33. The molecule has 2 saturated heterocycles. The number of hydrogen-bond donors (Lipinski definition) is 2. The number of alkyl halides is 2. The molecule has 136 valence electrons. The summed E-state index contributed by atoms with van der Waals surface area (Å²) in [6.07, 6.45) is 6.54. The zero-order valence-electron chi connectivity index (χ0n) is 14.0. The number of carbonyl (C=O) groups excluding carboxylic acids is 2. The van der Waals surface area contributed by atoms with Gasteiger partial charge in [-0.3, -0.25) is 14.9 Å². The molecule has 3 rings (SSSR count). The first kappa shape index (κ1) is 17.6. The maximum atomic E-state index is 13.2. The first-order chi connectivity index (χ1) is 11.4. The van der Waals surface area contributed by atoms with Gasteiger partial charge in [-0.15, -0.1) is 0 Å². The third-order valence-electron chi connectivity index (χ3n) is 5.54. The molecule has 2 N–H and O–H groups in total. The molecular formula is C17H27F2N3O2. The van der Waals surface area contributed by atoms with Crippen molar-refractivity contribution < 1.29 is 18.4 Å². The molecule has 2 aliphatic heterocycles. The molecule has 0 spiro atoms. The zero-order valence-corrected chi connectivity index (χ0v) is 14.0. The summed E-state index contributed by atoms with van der Waals surface area (Å²) in [5, 5.41) is 5.76. The Morgan fingerprint density at radius 3 is 2.29 bits per heavy atom. The third-order valence-corrected chi connectivity index (χ3v) is 5.54. The minimum absolute atomic E-state index is 0.0612. The molecule has 0 aromatic carbocycles. The highest BCUT2D eigenvalue weighted by atomic mass is 19.3. The van der Waals surface area contributed by atoms with E-state index < -0.39 is 24.9 Å². The summed E-state index contributed by atoms with van der Waals surface area (Å²) >= 11 is 0. The quantitative estimate of drug-likeness (QED) is 0.819. The van der Waals surface area contributed by atoms with Gasteiger partial charge < -0.3 is 10.2 Å². The van der Waals surface area contributed by atoms with Crippen molar-refractivity contribution in [1.29, 1.82) is 0 Å². The van der Waals surface area contributed by atoms with E-state index in [2.05, 4.69) is 10.6 Å². The summed E-state index contributed by atoms with van der Waals surface area (Å²) in [5.74, 6) is -3.01. The summed E-state index contributed by atoms with van der Waals surface area (Å²) in [5.41, 5.74) is 0. The van der Waals surface area contributed by atoms with E-state index in [-0.39, 0.29) is 17.7 Å². The predicted molar refractivity (Wildman–Crippen MR) is 85.7 cm³/mol. The Bertz CT molecular complexity index is 472. The fraction of sp³-hybridized carbons (Fsp3) is 0.882. The molecule has 0 bridgehead atoms. The Hall–Kier alpha value is -1.24. The van der Waals surface area contributed by atoms with Gasteiger partial charge in [-0.1, -0.05) is 19.3 Å². The smallest absolute Gasteiger partial charge is 0.262 e. The van der Waals surface area contributed by atoms with Crippen molar-refractivity contribution in [2.45, 2.75) is 69.4 Å². The number of halogens is 2. The summed E-state index contributed by atoms with van der Waals surface area (Å²) < 4.78 is 26.5. The maximum Gasteiger partial charge on any atom is 0.262 e. The number of carbonyl (C=O) groups is 2. The average molecular weight is 343 g/mol. The van der Waals surface area contributed by atoms with Gasteiger partial charge in [0.2, 0.25) is 11.8 Å². The number of likely N-dealkylation sites (tertiary alicyclic amines) is 1. The van der Waals surface area contributed by atoms with Crippen molar-refractivity contribution in [1.82, 2.24) is 15.5 Å². The first-order valence-electron chi connectivity index (χ1n) is 9.15. The highest BCUT2D eigenvalue weighted by Crippen LogP contribution is 2.27. The minimum Gasteiger partial charge on any atom is -0.353 e. The third kappa shape index (κ3) is 4.23. The minimum atomic E-state index is -2.79. The number of piperidine rings is 1. The van der Waals surface area contributed by atoms with Crippen LogP contribution in [0.4, 0.5) is 8.78 Å². The van der Waals surface area contributed by atoms with Crippen molar-refractivity contribution in [2.75, 3.05) is 19.6 Å². The Morgan fingerprint density at radius 1 is 1.04 bits per heavy atom. The summed E-state index contributed by atoms with van der Waals surface area (Å²) in [4.78, 5) is 26.3. The normalized spacial score (nSPS) is 28.8. The lowest BCUT2D eigenvalue weighted by atomic mass is 9.92. The number of rotatable bonds is 3. The van der Waals surface area contributed by atoms with Crippen LogP contribution >= 0.6 is 0 Å². The van der Waals surface area contributed by atoms with Crippen molar-refractivity contribution in [3.05, 3.63) is 0 Å². The molecular weight excluding hydrogens is 316 g/mol. The Balaban J connectivity index is 1.43. The monoisotopic (exact) mass is 343 g/mol. The van der Waals surface area contributed by atoms with Gasteiger partial charge in [-0.05, 0) is 25.7 Å². The van der Waals surface area contributed by atoms with Crippen LogP contribution in [0.1, 0.15) is 51.4 Å². The van der Waals surface area contributed by atoms with Crippen LogP contribution in [0.25, 0.3) is 0 Å². The van der Waals surface area contributed by atoms with E-state index in [0.717, 1.165) is 12.8 Å². The number of hydrogen-bond acceptors (Lipinski definition) is 3. The SMILES string of the molecule is O=C(NC1CCCCC1)C1CCN(C(=O)C2CC(F)(F)CN2)CC1. The molecule has 0 aromatic rings. The fourth-order valence-corrected chi connectivity index (χ4v) is 4.04. The van der Waals surface area contributed by atoms with Gasteiger partial charge in [0.15, 0.2) is 0 Å². The molecule has 3 fully saturated rings. The van der Waals surface area contributed by atoms with Crippen LogP contribution in [0.15, 0.2) is 0 Å². The zero-order chi connectivity index (χ0) is 17.2. The van der Waals surface area contributed by atoms with Gasteiger partial charge in [0.25, 0.3) is 5.92 Å². The maximum absolute atomic E-state index is 13.2. The average Bonchev–Trinajstić information content (AvgIpc) is 2.95. The number of amides is 2. The topological polar surface area (TPSA) is 61.4 Å². The van der Waals surface area contributed by atoms with E-state index in [1.54, 1.807) is 4.90 Å². The van der Waals surface area contributed by atoms with Gasteiger partial charge in [0.1, 0.15) is 0 Å². The van der Waals surface area contributed by atoms with Crippen molar-refractivity contribution in [2.24, 2.45) is 5.92 Å². The van der Waals surface area contributed by atoms with Crippen LogP contribution < -0.4 is 10.6 Å². The van der Waals surface area contributed by atoms with Crippen LogP contribution in [0.5, 0.6) is 0 Å². The van der Waals surface area contributed by atoms with Crippen molar-refractivity contribution >= 4 is 11.8 Å². The van der Waals surface area contributed by atoms with E-state index in [9.17, 15) is 18.4 Å². The molecule has 0 aromatic heterocycles. The molecule has 1 unspecified atom stereocenters. The van der Waals surface area contributed by atoms with Gasteiger partial charge in [0.05, 0.1) is 12.6 Å². The van der Waals surface area contributed by atoms with Crippen LogP contribution in [0.2, 0.25) is 0 Å². The molecule has 0 radical (unpaired) electrons. The van der Waals surface area contributed by atoms with E-state index in [0.29, 0.717) is 32.0 Å². The lowest BCUT2D eigenvalue weighted by Gasteiger charge is -2.34. The van der Waals surface area contributed by atoms with E-state index in [1.165, 1.54) is 19.3 Å². The molecule has 2 amide bonds. The summed E-state index contributed by atoms with van der Waals surface area (Å²) in [6.45, 7) is 0.528. The Labute approximate surface area is 141 Å². The first-order valence-corrected chi connectivity index (χ1v) is 9.15. The molecule has 1 saturated carbocycles. The molecule has 24 heavy (non-hydrogen) atoms. The van der Waals surface area contributed by atoms with Gasteiger partial charge >= 0.3 is 0 Å². The second-order valence-corrected chi connectivity index (χ2v) is 7.44. The largest absolute Gasteiger partial charge is 0.353 e. The molecule has 3 aliphatic rings. The van der Waals surface area contributed by atoms with Gasteiger partial charge in [-0.2, -0.15) is 0 Å².